The molecule has 0 aliphatic heterocycles. The van der Waals surface area contributed by atoms with Gasteiger partial charge in [0.15, 0.2) is 0 Å². The number of pyridine rings is 1. The van der Waals surface area contributed by atoms with E-state index >= 15 is 0 Å². The Balaban J connectivity index is 1.87. The molecule has 0 unspecified atom stereocenters. The lowest BCUT2D eigenvalue weighted by molar-refractivity contribution is -0.361. The lowest BCUT2D eigenvalue weighted by Gasteiger charge is -2.16. The molecular formula is C23H24N3+. The number of para-hydroxylation sites is 1. The summed E-state index contributed by atoms with van der Waals surface area (Å²) in [5.74, 6) is 1.01. The first kappa shape index (κ1) is 16.4. The Morgan fingerprint density at radius 2 is 1.65 bits per heavy atom. The van der Waals surface area contributed by atoms with Crippen LogP contribution < -0.4 is 10.3 Å². The second-order valence-electron chi connectivity index (χ2n) is 6.98. The number of fused-ring (bicyclic) bond motifs is 1. The zero-order valence-electron chi connectivity index (χ0n) is 15.4. The van der Waals surface area contributed by atoms with E-state index in [0.29, 0.717) is 0 Å². The molecule has 0 radical (unpaired) electrons. The average Bonchev–Trinajstić information content (AvgIpc) is 2.96. The van der Waals surface area contributed by atoms with E-state index in [2.05, 4.69) is 96.7 Å². The number of benzene rings is 2. The van der Waals surface area contributed by atoms with Gasteiger partial charge in [-0.3, -0.25) is 5.32 Å². The van der Waals surface area contributed by atoms with E-state index in [1.807, 2.05) is 6.20 Å². The predicted octanol–water partition coefficient (Wildman–Crippen LogP) is 5.11. The molecule has 0 aliphatic carbocycles. The number of hydrogen-bond acceptors (Lipinski definition) is 1. The van der Waals surface area contributed by atoms with Crippen molar-refractivity contribution in [3.05, 3.63) is 94.8 Å². The highest BCUT2D eigenvalue weighted by Crippen LogP contribution is 2.34. The van der Waals surface area contributed by atoms with Crippen molar-refractivity contribution in [1.82, 2.24) is 4.98 Å². The fraction of sp³-hybridized carbons (Fsp3) is 0.174. The van der Waals surface area contributed by atoms with Crippen LogP contribution in [0.3, 0.4) is 0 Å². The fourth-order valence-electron chi connectivity index (χ4n) is 3.57. The van der Waals surface area contributed by atoms with Crippen molar-refractivity contribution < 1.29 is 4.98 Å². The quantitative estimate of drug-likeness (QED) is 0.532. The molecule has 130 valence electrons. The molecule has 0 saturated carbocycles. The van der Waals surface area contributed by atoms with E-state index in [9.17, 15) is 0 Å². The van der Waals surface area contributed by atoms with Crippen molar-refractivity contribution in [1.29, 1.82) is 0 Å². The predicted molar refractivity (Wildman–Crippen MR) is 107 cm³/mol. The zero-order chi connectivity index (χ0) is 18.1. The molecule has 0 aliphatic rings. The van der Waals surface area contributed by atoms with E-state index < -0.39 is 0 Å². The monoisotopic (exact) mass is 342 g/mol. The van der Waals surface area contributed by atoms with Crippen LogP contribution in [-0.4, -0.2) is 4.98 Å². The zero-order valence-corrected chi connectivity index (χ0v) is 15.4. The molecule has 0 bridgehead atoms. The van der Waals surface area contributed by atoms with E-state index in [0.717, 1.165) is 5.82 Å². The summed E-state index contributed by atoms with van der Waals surface area (Å²) in [5, 5.41) is 4.98. The molecule has 2 aromatic heterocycles. The van der Waals surface area contributed by atoms with Gasteiger partial charge in [-0.2, -0.15) is 0 Å². The molecule has 1 atom stereocenters. The van der Waals surface area contributed by atoms with Crippen molar-refractivity contribution in [2.24, 2.45) is 0 Å². The first-order valence-electron chi connectivity index (χ1n) is 9.00. The van der Waals surface area contributed by atoms with Crippen LogP contribution in [0.5, 0.6) is 0 Å². The van der Waals surface area contributed by atoms with Crippen molar-refractivity contribution in [3.8, 4) is 0 Å². The number of aromatic amines is 2. The third-order valence-electron chi connectivity index (χ3n) is 4.90. The molecule has 3 N–H and O–H groups in total. The van der Waals surface area contributed by atoms with Crippen LogP contribution in [0.2, 0.25) is 0 Å². The Bertz CT molecular complexity index is 1040. The van der Waals surface area contributed by atoms with Gasteiger partial charge in [0.2, 0.25) is 0 Å². The number of hydrogen-bond donors (Lipinski definition) is 2. The van der Waals surface area contributed by atoms with Crippen LogP contribution in [0.25, 0.3) is 10.9 Å². The lowest BCUT2D eigenvalue weighted by Crippen LogP contribution is -2.19. The molecule has 2 aromatic carbocycles. The van der Waals surface area contributed by atoms with Crippen LogP contribution in [0.4, 0.5) is 5.82 Å². The summed E-state index contributed by atoms with van der Waals surface area (Å²) in [7, 11) is 0. The van der Waals surface area contributed by atoms with Crippen molar-refractivity contribution in [2.45, 2.75) is 26.8 Å². The lowest BCUT2D eigenvalue weighted by atomic mass is 9.95. The largest absolute Gasteiger partial charge is 0.358 e. The van der Waals surface area contributed by atoms with Crippen molar-refractivity contribution in [3.63, 3.8) is 0 Å². The molecule has 3 heteroatoms. The molecule has 2 heterocycles. The second kappa shape index (κ2) is 6.68. The van der Waals surface area contributed by atoms with Gasteiger partial charge in [-0.25, -0.2) is 4.98 Å². The first-order chi connectivity index (χ1) is 12.6. The maximum Gasteiger partial charge on any atom is 0.273 e. The summed E-state index contributed by atoms with van der Waals surface area (Å²) in [4.78, 5) is 6.86. The van der Waals surface area contributed by atoms with Gasteiger partial charge >= 0.3 is 0 Å². The summed E-state index contributed by atoms with van der Waals surface area (Å²) < 4.78 is 0. The number of rotatable bonds is 4. The summed E-state index contributed by atoms with van der Waals surface area (Å²) in [6.45, 7) is 6.38. The van der Waals surface area contributed by atoms with Crippen LogP contribution in [0.15, 0.2) is 66.9 Å². The van der Waals surface area contributed by atoms with Gasteiger partial charge < -0.3 is 4.98 Å². The Labute approximate surface area is 154 Å². The molecule has 0 saturated heterocycles. The first-order valence-corrected chi connectivity index (χ1v) is 9.00. The van der Waals surface area contributed by atoms with Crippen molar-refractivity contribution in [2.75, 3.05) is 5.32 Å². The van der Waals surface area contributed by atoms with E-state index in [-0.39, 0.29) is 6.04 Å². The number of anilines is 1. The third-order valence-corrected chi connectivity index (χ3v) is 4.90. The SMILES string of the molecule is Cc1ccc([C@H](Nc2cc(C)cc[nH+]2)c2c(C)[nH]c3ccccc23)cc1. The van der Waals surface area contributed by atoms with Crippen LogP contribution >= 0.6 is 0 Å². The van der Waals surface area contributed by atoms with E-state index in [1.54, 1.807) is 0 Å². The molecule has 0 amide bonds. The van der Waals surface area contributed by atoms with Gasteiger partial charge in [-0.1, -0.05) is 48.0 Å². The van der Waals surface area contributed by atoms with Gasteiger partial charge in [0.25, 0.3) is 5.82 Å². The van der Waals surface area contributed by atoms with Gasteiger partial charge in [0.1, 0.15) is 6.04 Å². The van der Waals surface area contributed by atoms with E-state index in [4.69, 9.17) is 0 Å². The second-order valence-corrected chi connectivity index (χ2v) is 6.98. The Kier molecular flexibility index (Phi) is 4.21. The Hall–Kier alpha value is -3.07. The van der Waals surface area contributed by atoms with E-state index in [1.165, 1.54) is 38.9 Å². The van der Waals surface area contributed by atoms with Crippen LogP contribution in [0, 0.1) is 20.8 Å². The summed E-state index contributed by atoms with van der Waals surface area (Å²) in [6.07, 6.45) is 1.98. The highest BCUT2D eigenvalue weighted by atomic mass is 15.0. The molecule has 4 rings (SSSR count). The number of nitrogens with one attached hydrogen (secondary N) is 3. The number of aryl methyl sites for hydroxylation is 3. The summed E-state index contributed by atoms with van der Waals surface area (Å²) >= 11 is 0. The van der Waals surface area contributed by atoms with Gasteiger partial charge in [0, 0.05) is 33.8 Å². The fourth-order valence-corrected chi connectivity index (χ4v) is 3.57. The average molecular weight is 342 g/mol. The van der Waals surface area contributed by atoms with Crippen LogP contribution in [0.1, 0.15) is 34.0 Å². The summed E-state index contributed by atoms with van der Waals surface area (Å²) in [6, 6.07) is 21.6. The molecule has 0 spiro atoms. The Morgan fingerprint density at radius 1 is 0.885 bits per heavy atom. The maximum absolute atomic E-state index is 3.72. The highest BCUT2D eigenvalue weighted by molar-refractivity contribution is 5.86. The molecule has 0 fully saturated rings. The standard InChI is InChI=1S/C23H23N3/c1-15-8-10-18(11-9-15)23(26-21-14-16(2)12-13-24-21)22-17(3)25-20-7-5-4-6-19(20)22/h4-14,23,25H,1-3H3,(H,24,26)/p+1/t23-/m0/s1. The maximum atomic E-state index is 3.72. The molecule has 4 aromatic rings. The van der Waals surface area contributed by atoms with Crippen LogP contribution in [-0.2, 0) is 0 Å². The number of H-pyrrole nitrogens is 2. The Morgan fingerprint density at radius 3 is 2.42 bits per heavy atom. The number of aromatic nitrogens is 2. The van der Waals surface area contributed by atoms with Gasteiger partial charge in [0.05, 0.1) is 6.20 Å². The van der Waals surface area contributed by atoms with Crippen molar-refractivity contribution >= 4 is 16.7 Å². The minimum absolute atomic E-state index is 0.0600. The summed E-state index contributed by atoms with van der Waals surface area (Å²) in [5.41, 5.74) is 7.40. The topological polar surface area (TPSA) is 42.0 Å². The third kappa shape index (κ3) is 3.08. The molecular weight excluding hydrogens is 318 g/mol. The normalized spacial score (nSPS) is 12.3. The smallest absolute Gasteiger partial charge is 0.273 e. The van der Waals surface area contributed by atoms with Gasteiger partial charge in [-0.15, -0.1) is 0 Å². The molecule has 26 heavy (non-hydrogen) atoms. The minimum Gasteiger partial charge on any atom is -0.358 e. The minimum atomic E-state index is 0.0600. The molecule has 3 nitrogen and oxygen atoms in total. The highest BCUT2D eigenvalue weighted by Gasteiger charge is 2.25. The van der Waals surface area contributed by atoms with Gasteiger partial charge in [-0.05, 0) is 38.5 Å².